The van der Waals surface area contributed by atoms with Crippen molar-refractivity contribution >= 4 is 0 Å². The molecule has 1 N–H and O–H groups in total. The number of piperidine rings is 1. The third kappa shape index (κ3) is 3.95. The van der Waals surface area contributed by atoms with Gasteiger partial charge in [-0.3, -0.25) is 0 Å². The number of nitrogens with zero attached hydrogens (tertiary/aromatic N) is 1. The molecule has 0 aliphatic carbocycles. The normalized spacial score (nSPS) is 24.4. The number of benzene rings is 1. The molecule has 1 fully saturated rings. The summed E-state index contributed by atoms with van der Waals surface area (Å²) in [6, 6.07) is 9.79. The summed E-state index contributed by atoms with van der Waals surface area (Å²) >= 11 is 0. The average Bonchev–Trinajstić information content (AvgIpc) is 2.46. The molecule has 1 saturated heterocycles. The first kappa shape index (κ1) is 14.4. The molecule has 0 saturated carbocycles. The molecular weight excluding hydrogens is 236 g/mol. The van der Waals surface area contributed by atoms with Crippen molar-refractivity contribution in [1.29, 1.82) is 0 Å². The van der Waals surface area contributed by atoms with Crippen LogP contribution in [0.5, 0.6) is 5.75 Å². The first-order valence-electron chi connectivity index (χ1n) is 7.27. The molecule has 3 heteroatoms. The standard InChI is InChI=1S/C16H26N2O/c1-13-11-15(17-2)8-10-18(13)9-7-14-5-4-6-16(12-14)19-3/h4-6,12-13,15,17H,7-11H2,1-3H3. The smallest absolute Gasteiger partial charge is 0.119 e. The van der Waals surface area contributed by atoms with Gasteiger partial charge in [-0.05, 0) is 57.5 Å². The van der Waals surface area contributed by atoms with Gasteiger partial charge < -0.3 is 15.0 Å². The highest BCUT2D eigenvalue weighted by Gasteiger charge is 2.23. The third-order valence-electron chi connectivity index (χ3n) is 4.24. The summed E-state index contributed by atoms with van der Waals surface area (Å²) in [6.45, 7) is 4.69. The lowest BCUT2D eigenvalue weighted by Gasteiger charge is -2.37. The molecule has 0 bridgehead atoms. The Morgan fingerprint density at radius 2 is 2.26 bits per heavy atom. The minimum absolute atomic E-state index is 0.678. The molecule has 0 amide bonds. The van der Waals surface area contributed by atoms with E-state index in [1.165, 1.54) is 24.9 Å². The van der Waals surface area contributed by atoms with Gasteiger partial charge in [-0.1, -0.05) is 12.1 Å². The Kier molecular flexibility index (Phi) is 5.23. The molecule has 0 radical (unpaired) electrons. The van der Waals surface area contributed by atoms with Crippen molar-refractivity contribution in [2.75, 3.05) is 27.2 Å². The first-order valence-corrected chi connectivity index (χ1v) is 7.27. The van der Waals surface area contributed by atoms with Crippen LogP contribution < -0.4 is 10.1 Å². The van der Waals surface area contributed by atoms with Crippen LogP contribution in [0.25, 0.3) is 0 Å². The van der Waals surface area contributed by atoms with E-state index >= 15 is 0 Å². The SMILES string of the molecule is CNC1CCN(CCc2cccc(OC)c2)C(C)C1. The van der Waals surface area contributed by atoms with Crippen LogP contribution in [0.2, 0.25) is 0 Å². The molecule has 1 aromatic rings. The molecule has 19 heavy (non-hydrogen) atoms. The summed E-state index contributed by atoms with van der Waals surface area (Å²) in [5, 5.41) is 3.40. The second-order valence-corrected chi connectivity index (χ2v) is 5.50. The number of hydrogen-bond acceptors (Lipinski definition) is 3. The van der Waals surface area contributed by atoms with Crippen molar-refractivity contribution in [2.45, 2.75) is 38.3 Å². The van der Waals surface area contributed by atoms with E-state index in [0.29, 0.717) is 12.1 Å². The van der Waals surface area contributed by atoms with Gasteiger partial charge in [0.1, 0.15) is 5.75 Å². The predicted octanol–water partition coefficient (Wildman–Crippen LogP) is 2.31. The first-order chi connectivity index (χ1) is 9.22. The minimum atomic E-state index is 0.678. The van der Waals surface area contributed by atoms with Gasteiger partial charge in [0.15, 0.2) is 0 Å². The van der Waals surface area contributed by atoms with Gasteiger partial charge in [0.2, 0.25) is 0 Å². The molecule has 2 unspecified atom stereocenters. The summed E-state index contributed by atoms with van der Waals surface area (Å²) in [5.74, 6) is 0.958. The molecule has 1 aliphatic rings. The summed E-state index contributed by atoms with van der Waals surface area (Å²) < 4.78 is 5.27. The largest absolute Gasteiger partial charge is 0.497 e. The molecule has 1 aliphatic heterocycles. The number of ether oxygens (including phenoxy) is 1. The number of likely N-dealkylation sites (tertiary alicyclic amines) is 1. The quantitative estimate of drug-likeness (QED) is 0.881. The highest BCUT2D eigenvalue weighted by Crippen LogP contribution is 2.18. The van der Waals surface area contributed by atoms with Crippen LogP contribution in [0.15, 0.2) is 24.3 Å². The van der Waals surface area contributed by atoms with Gasteiger partial charge in [0.05, 0.1) is 7.11 Å². The van der Waals surface area contributed by atoms with Gasteiger partial charge in [-0.25, -0.2) is 0 Å². The number of rotatable bonds is 5. The van der Waals surface area contributed by atoms with E-state index < -0.39 is 0 Å². The van der Waals surface area contributed by atoms with Crippen molar-refractivity contribution in [3.63, 3.8) is 0 Å². The zero-order valence-electron chi connectivity index (χ0n) is 12.4. The van der Waals surface area contributed by atoms with Crippen molar-refractivity contribution in [3.8, 4) is 5.75 Å². The van der Waals surface area contributed by atoms with E-state index in [1.54, 1.807) is 7.11 Å². The van der Waals surface area contributed by atoms with Crippen LogP contribution in [-0.2, 0) is 6.42 Å². The van der Waals surface area contributed by atoms with E-state index in [0.717, 1.165) is 18.7 Å². The lowest BCUT2D eigenvalue weighted by Crippen LogP contribution is -2.47. The van der Waals surface area contributed by atoms with Crippen molar-refractivity contribution < 1.29 is 4.74 Å². The lowest BCUT2D eigenvalue weighted by molar-refractivity contribution is 0.140. The Labute approximate surface area is 116 Å². The van der Waals surface area contributed by atoms with E-state index in [2.05, 4.69) is 42.4 Å². The van der Waals surface area contributed by atoms with Crippen molar-refractivity contribution in [1.82, 2.24) is 10.2 Å². The van der Waals surface area contributed by atoms with Gasteiger partial charge in [-0.15, -0.1) is 0 Å². The van der Waals surface area contributed by atoms with E-state index in [9.17, 15) is 0 Å². The predicted molar refractivity (Wildman–Crippen MR) is 79.8 cm³/mol. The molecule has 0 spiro atoms. The fraction of sp³-hybridized carbons (Fsp3) is 0.625. The van der Waals surface area contributed by atoms with E-state index in [4.69, 9.17) is 4.74 Å². The topological polar surface area (TPSA) is 24.5 Å². The van der Waals surface area contributed by atoms with Crippen LogP contribution in [0.4, 0.5) is 0 Å². The molecule has 2 atom stereocenters. The molecule has 2 rings (SSSR count). The van der Waals surface area contributed by atoms with Crippen LogP contribution in [0.3, 0.4) is 0 Å². The highest BCUT2D eigenvalue weighted by atomic mass is 16.5. The Bertz CT molecular complexity index is 394. The molecule has 1 heterocycles. The second-order valence-electron chi connectivity index (χ2n) is 5.50. The Hall–Kier alpha value is -1.06. The summed E-state index contributed by atoms with van der Waals surface area (Å²) in [4.78, 5) is 2.60. The zero-order valence-corrected chi connectivity index (χ0v) is 12.4. The average molecular weight is 262 g/mol. The summed E-state index contributed by atoms with van der Waals surface area (Å²) in [7, 11) is 3.80. The third-order valence-corrected chi connectivity index (χ3v) is 4.24. The van der Waals surface area contributed by atoms with Gasteiger partial charge in [-0.2, -0.15) is 0 Å². The zero-order chi connectivity index (χ0) is 13.7. The number of methoxy groups -OCH3 is 1. The van der Waals surface area contributed by atoms with E-state index in [-0.39, 0.29) is 0 Å². The molecule has 106 valence electrons. The Balaban J connectivity index is 1.85. The van der Waals surface area contributed by atoms with Crippen molar-refractivity contribution in [2.24, 2.45) is 0 Å². The van der Waals surface area contributed by atoms with Crippen LogP contribution in [0.1, 0.15) is 25.3 Å². The summed E-state index contributed by atoms with van der Waals surface area (Å²) in [5.41, 5.74) is 1.36. The maximum atomic E-state index is 5.27. The fourth-order valence-electron chi connectivity index (χ4n) is 2.92. The molecule has 1 aromatic carbocycles. The van der Waals surface area contributed by atoms with Crippen LogP contribution in [0, 0.1) is 0 Å². The van der Waals surface area contributed by atoms with Crippen LogP contribution in [-0.4, -0.2) is 44.2 Å². The van der Waals surface area contributed by atoms with Gasteiger partial charge in [0.25, 0.3) is 0 Å². The Morgan fingerprint density at radius 1 is 1.42 bits per heavy atom. The van der Waals surface area contributed by atoms with E-state index in [1.807, 2.05) is 6.07 Å². The van der Waals surface area contributed by atoms with Crippen molar-refractivity contribution in [3.05, 3.63) is 29.8 Å². The monoisotopic (exact) mass is 262 g/mol. The Morgan fingerprint density at radius 3 is 2.95 bits per heavy atom. The number of nitrogens with one attached hydrogen (secondary N) is 1. The van der Waals surface area contributed by atoms with Gasteiger partial charge >= 0.3 is 0 Å². The maximum Gasteiger partial charge on any atom is 0.119 e. The summed E-state index contributed by atoms with van der Waals surface area (Å²) in [6.07, 6.45) is 3.62. The number of hydrogen-bond donors (Lipinski definition) is 1. The highest BCUT2D eigenvalue weighted by molar-refractivity contribution is 5.28. The maximum absolute atomic E-state index is 5.27. The fourth-order valence-corrected chi connectivity index (χ4v) is 2.92. The lowest BCUT2D eigenvalue weighted by atomic mass is 9.98. The van der Waals surface area contributed by atoms with Gasteiger partial charge in [0, 0.05) is 18.6 Å². The molecule has 3 nitrogen and oxygen atoms in total. The minimum Gasteiger partial charge on any atom is -0.497 e. The molecule has 0 aromatic heterocycles. The second kappa shape index (κ2) is 6.92. The molecular formula is C16H26N2O. The van der Waals surface area contributed by atoms with Crippen LogP contribution >= 0.6 is 0 Å².